The predicted octanol–water partition coefficient (Wildman–Crippen LogP) is 10.9. The van der Waals surface area contributed by atoms with Crippen LogP contribution in [0.2, 0.25) is 0 Å². The molecule has 6 nitrogen and oxygen atoms in total. The van der Waals surface area contributed by atoms with Gasteiger partial charge in [0, 0.05) is 11.5 Å². The summed E-state index contributed by atoms with van der Waals surface area (Å²) in [6.07, 6.45) is -12.2. The fourth-order valence-electron chi connectivity index (χ4n) is 9.15. The van der Waals surface area contributed by atoms with Crippen LogP contribution in [0.1, 0.15) is 85.9 Å². The number of nitrogens with zero attached hydrogens (tertiary/aromatic N) is 2. The van der Waals surface area contributed by atoms with Gasteiger partial charge in [-0.15, -0.1) is 0 Å². The van der Waals surface area contributed by atoms with Gasteiger partial charge < -0.3 is 0 Å². The van der Waals surface area contributed by atoms with Crippen molar-refractivity contribution in [3.8, 4) is 11.1 Å². The number of carbonyl (C=O) groups excluding carboxylic acids is 4. The van der Waals surface area contributed by atoms with Crippen molar-refractivity contribution < 1.29 is 45.5 Å². The zero-order valence-electron chi connectivity index (χ0n) is 31.7. The van der Waals surface area contributed by atoms with E-state index in [4.69, 9.17) is 0 Å². The van der Waals surface area contributed by atoms with Gasteiger partial charge in [-0.05, 0) is 107 Å². The van der Waals surface area contributed by atoms with Crippen molar-refractivity contribution in [1.29, 1.82) is 0 Å². The lowest BCUT2D eigenvalue weighted by molar-refractivity contribution is -0.288. The quantitative estimate of drug-likeness (QED) is 0.128. The van der Waals surface area contributed by atoms with E-state index >= 15 is 26.3 Å². The maximum atomic E-state index is 15.2. The summed E-state index contributed by atoms with van der Waals surface area (Å²) in [5, 5.41) is 0. The topological polar surface area (TPSA) is 74.8 Å². The van der Waals surface area contributed by atoms with Crippen molar-refractivity contribution in [2.45, 2.75) is 37.0 Å². The molecule has 3 aliphatic rings. The number of amides is 4. The highest BCUT2D eigenvalue weighted by Gasteiger charge is 2.73. The number of imide groups is 2. The predicted molar refractivity (Wildman–Crippen MR) is 214 cm³/mol. The first-order valence-electron chi connectivity index (χ1n) is 18.5. The van der Waals surface area contributed by atoms with Crippen LogP contribution in [-0.4, -0.2) is 47.9 Å². The summed E-state index contributed by atoms with van der Waals surface area (Å²) in [6.45, 7) is 3.98. The van der Waals surface area contributed by atoms with E-state index in [2.05, 4.69) is 34.1 Å². The van der Waals surface area contributed by atoms with Crippen molar-refractivity contribution >= 4 is 45.2 Å². The SMILES string of the molecule is Cc1ccc(C2(c3ccc(N4C(=O)c5ccc(C(c6ccc7c(c6)C(=O)N(C)C7=O)(C(F)(F)F)C(F)(F)F)cc5C4=O)cc3)c3cc(C)ccc3-c3ccc(Br)cc32)cc1. The van der Waals surface area contributed by atoms with E-state index in [1.807, 2.05) is 56.3 Å². The Morgan fingerprint density at radius 3 is 1.48 bits per heavy atom. The van der Waals surface area contributed by atoms with Crippen LogP contribution in [0, 0.1) is 13.8 Å². The highest BCUT2D eigenvalue weighted by molar-refractivity contribution is 9.10. The lowest BCUT2D eigenvalue weighted by Gasteiger charge is -2.38. The average molecular weight is 880 g/mol. The van der Waals surface area contributed by atoms with Crippen LogP contribution in [0.15, 0.2) is 126 Å². The molecule has 0 spiro atoms. The largest absolute Gasteiger partial charge is 0.411 e. The molecule has 1 atom stereocenters. The Kier molecular flexibility index (Phi) is 8.53. The first-order chi connectivity index (χ1) is 28.3. The zero-order valence-corrected chi connectivity index (χ0v) is 33.3. The minimum atomic E-state index is -6.08. The monoisotopic (exact) mass is 878 g/mol. The number of hydrogen-bond acceptors (Lipinski definition) is 4. The Balaban J connectivity index is 1.16. The van der Waals surface area contributed by atoms with Gasteiger partial charge in [-0.3, -0.25) is 24.1 Å². The number of aryl methyl sites for hydroxylation is 2. The number of halogens is 7. The van der Waals surface area contributed by atoms with Gasteiger partial charge in [-0.2, -0.15) is 26.3 Å². The molecule has 2 heterocycles. The second kappa shape index (κ2) is 13.1. The maximum Gasteiger partial charge on any atom is 0.411 e. The molecule has 0 radical (unpaired) electrons. The van der Waals surface area contributed by atoms with Gasteiger partial charge in [0.2, 0.25) is 5.41 Å². The van der Waals surface area contributed by atoms with E-state index in [0.717, 1.165) is 73.1 Å². The third-order valence-electron chi connectivity index (χ3n) is 12.0. The smallest absolute Gasteiger partial charge is 0.277 e. The lowest BCUT2D eigenvalue weighted by atomic mass is 9.67. The maximum absolute atomic E-state index is 15.2. The first kappa shape index (κ1) is 39.1. The van der Waals surface area contributed by atoms with Crippen molar-refractivity contribution in [1.82, 2.24) is 4.90 Å². The third kappa shape index (κ3) is 5.20. The van der Waals surface area contributed by atoms with Crippen LogP contribution in [0.4, 0.5) is 32.0 Å². The molecule has 1 aliphatic carbocycles. The molecule has 0 bridgehead atoms. The highest BCUT2D eigenvalue weighted by atomic mass is 79.9. The molecule has 6 aromatic rings. The second-order valence-electron chi connectivity index (χ2n) is 15.3. The van der Waals surface area contributed by atoms with E-state index in [1.54, 1.807) is 12.1 Å². The van der Waals surface area contributed by atoms with Gasteiger partial charge in [-0.1, -0.05) is 99.9 Å². The van der Waals surface area contributed by atoms with Crippen molar-refractivity contribution in [3.63, 3.8) is 0 Å². The summed E-state index contributed by atoms with van der Waals surface area (Å²) in [6, 6.07) is 30.4. The van der Waals surface area contributed by atoms with Gasteiger partial charge in [0.05, 0.1) is 33.4 Å². The third-order valence-corrected chi connectivity index (χ3v) is 12.5. The molecule has 4 amide bonds. The molecule has 0 saturated heterocycles. The van der Waals surface area contributed by atoms with Crippen molar-refractivity contribution in [3.05, 3.63) is 193 Å². The standard InChI is InChI=1S/C47H29BrF6N2O4/c1-24-4-7-26(8-5-24)44(38-20-25(2)6-16-32(38)33-19-13-30(48)23-39(33)44)27-9-14-31(15-10-27)56-42(59)35-18-12-29(22-37(35)43(56)60)45(46(49,50)51,47(52,53)54)28-11-17-34-36(21-28)41(58)55(3)40(34)57/h4-23H,1-3H3. The fraction of sp³-hybridized carbons (Fsp3) is 0.149. The van der Waals surface area contributed by atoms with Crippen LogP contribution in [0.5, 0.6) is 0 Å². The molecular formula is C47H29BrF6N2O4. The summed E-state index contributed by atoms with van der Waals surface area (Å²) >= 11 is 3.65. The van der Waals surface area contributed by atoms with E-state index in [0.29, 0.717) is 29.2 Å². The van der Waals surface area contributed by atoms with Crippen molar-refractivity contribution in [2.75, 3.05) is 11.9 Å². The molecule has 0 saturated carbocycles. The summed E-state index contributed by atoms with van der Waals surface area (Å²) in [7, 11) is 1.06. The van der Waals surface area contributed by atoms with E-state index in [1.165, 1.54) is 12.1 Å². The van der Waals surface area contributed by atoms with Crippen LogP contribution < -0.4 is 4.90 Å². The number of anilines is 1. The summed E-state index contributed by atoms with van der Waals surface area (Å²) < 4.78 is 92.2. The molecule has 13 heteroatoms. The summed E-state index contributed by atoms with van der Waals surface area (Å²) in [5.41, 5.74) is -2.61. The minimum absolute atomic E-state index is 0.0475. The number of carbonyl (C=O) groups is 4. The number of benzene rings is 6. The molecule has 6 aromatic carbocycles. The Morgan fingerprint density at radius 2 is 0.917 bits per heavy atom. The molecule has 0 fully saturated rings. The van der Waals surface area contributed by atoms with Gasteiger partial charge in [-0.25, -0.2) is 4.90 Å². The van der Waals surface area contributed by atoms with E-state index in [9.17, 15) is 19.2 Å². The average Bonchev–Trinajstić information content (AvgIpc) is 3.71. The van der Waals surface area contributed by atoms with Gasteiger partial charge in [0.1, 0.15) is 0 Å². The molecule has 9 rings (SSSR count). The van der Waals surface area contributed by atoms with Crippen LogP contribution in [0.25, 0.3) is 11.1 Å². The number of alkyl halides is 6. The number of fused-ring (bicyclic) bond motifs is 5. The van der Waals surface area contributed by atoms with Crippen molar-refractivity contribution in [2.24, 2.45) is 0 Å². The first-order valence-corrected chi connectivity index (χ1v) is 19.3. The van der Waals surface area contributed by atoms with E-state index in [-0.39, 0.29) is 11.3 Å². The lowest BCUT2D eigenvalue weighted by Crippen LogP contribution is -2.55. The Morgan fingerprint density at radius 1 is 0.483 bits per heavy atom. The van der Waals surface area contributed by atoms with Gasteiger partial charge >= 0.3 is 12.4 Å². The highest BCUT2D eigenvalue weighted by Crippen LogP contribution is 2.59. The minimum Gasteiger partial charge on any atom is -0.277 e. The molecule has 0 aromatic heterocycles. The van der Waals surface area contributed by atoms with Gasteiger partial charge in [0.15, 0.2) is 0 Å². The number of hydrogen-bond donors (Lipinski definition) is 0. The summed E-state index contributed by atoms with van der Waals surface area (Å²) in [4.78, 5) is 54.5. The normalized spacial score (nSPS) is 17.3. The molecule has 0 N–H and O–H groups in total. The molecular weight excluding hydrogens is 850 g/mol. The van der Waals surface area contributed by atoms with Crippen LogP contribution in [-0.2, 0) is 10.8 Å². The van der Waals surface area contributed by atoms with E-state index < -0.39 is 74.6 Å². The Bertz CT molecular complexity index is 2820. The zero-order chi connectivity index (χ0) is 42.8. The Labute approximate surface area is 347 Å². The molecule has 60 heavy (non-hydrogen) atoms. The molecule has 300 valence electrons. The van der Waals surface area contributed by atoms with Crippen LogP contribution in [0.3, 0.4) is 0 Å². The second-order valence-corrected chi connectivity index (χ2v) is 16.2. The summed E-state index contributed by atoms with van der Waals surface area (Å²) in [5.74, 6) is -4.01. The van der Waals surface area contributed by atoms with Crippen LogP contribution >= 0.6 is 15.9 Å². The fourth-order valence-corrected chi connectivity index (χ4v) is 9.51. The van der Waals surface area contributed by atoms with Gasteiger partial charge in [0.25, 0.3) is 23.6 Å². The molecule has 2 aliphatic heterocycles. The molecule has 1 unspecified atom stereocenters. The Hall–Kier alpha value is -6.34. The number of rotatable bonds is 5.